The fourth-order valence-electron chi connectivity index (χ4n) is 3.96. The summed E-state index contributed by atoms with van der Waals surface area (Å²) in [6.45, 7) is 11.6. The van der Waals surface area contributed by atoms with Crippen LogP contribution in [0.2, 0.25) is 18.1 Å². The molecule has 28 heavy (non-hydrogen) atoms. The van der Waals surface area contributed by atoms with Crippen LogP contribution in [0.4, 0.5) is 0 Å². The molecule has 0 aliphatic carbocycles. The molecule has 0 spiro atoms. The van der Waals surface area contributed by atoms with Crippen LogP contribution < -0.4 is 0 Å². The van der Waals surface area contributed by atoms with E-state index in [0.29, 0.717) is 11.8 Å². The third-order valence-corrected chi connectivity index (χ3v) is 10.7. The highest BCUT2D eigenvalue weighted by Gasteiger charge is 2.36. The Labute approximate surface area is 174 Å². The normalized spacial score (nSPS) is 14.5. The first-order chi connectivity index (χ1) is 13.5. The molecule has 0 amide bonds. The number of benzene rings is 2. The summed E-state index contributed by atoms with van der Waals surface area (Å²) >= 11 is 0. The Bertz CT molecular complexity index is 681. The maximum Gasteiger partial charge on any atom is 0.192 e. The average molecular weight is 395 g/mol. The summed E-state index contributed by atoms with van der Waals surface area (Å²) in [6, 6.07) is 25.2. The lowest BCUT2D eigenvalue weighted by Gasteiger charge is -2.38. The SMILES string of the molecule is CC[Si](CC)(CC)O[C@H](C(C)C)[C@H](/C=C\Cc1ccccc1)c1ccccc1. The maximum atomic E-state index is 7.05. The summed E-state index contributed by atoms with van der Waals surface area (Å²) in [5, 5.41) is 0. The predicted molar refractivity (Wildman–Crippen MR) is 125 cm³/mol. The van der Waals surface area contributed by atoms with E-state index in [4.69, 9.17) is 4.43 Å². The molecule has 2 rings (SSSR count). The topological polar surface area (TPSA) is 9.23 Å². The highest BCUT2D eigenvalue weighted by molar-refractivity contribution is 6.73. The number of hydrogen-bond acceptors (Lipinski definition) is 1. The zero-order valence-corrected chi connectivity index (χ0v) is 19.4. The molecule has 0 unspecified atom stereocenters. The van der Waals surface area contributed by atoms with E-state index in [0.717, 1.165) is 6.42 Å². The average Bonchev–Trinajstić information content (AvgIpc) is 2.74. The molecule has 0 radical (unpaired) electrons. The van der Waals surface area contributed by atoms with Gasteiger partial charge in [0.15, 0.2) is 8.32 Å². The van der Waals surface area contributed by atoms with E-state index in [-0.39, 0.29) is 6.10 Å². The van der Waals surface area contributed by atoms with E-state index in [2.05, 4.69) is 107 Å². The summed E-state index contributed by atoms with van der Waals surface area (Å²) in [5.74, 6) is 0.768. The number of rotatable bonds is 11. The lowest BCUT2D eigenvalue weighted by molar-refractivity contribution is 0.123. The molecule has 0 fully saturated rings. The largest absolute Gasteiger partial charge is 0.413 e. The van der Waals surface area contributed by atoms with Crippen LogP contribution in [0.3, 0.4) is 0 Å². The van der Waals surface area contributed by atoms with Crippen LogP contribution in [0.1, 0.15) is 51.7 Å². The highest BCUT2D eigenvalue weighted by Crippen LogP contribution is 2.34. The van der Waals surface area contributed by atoms with Crippen molar-refractivity contribution in [2.45, 2.75) is 71.2 Å². The van der Waals surface area contributed by atoms with Crippen LogP contribution in [0.25, 0.3) is 0 Å². The van der Waals surface area contributed by atoms with Crippen LogP contribution in [0.5, 0.6) is 0 Å². The van der Waals surface area contributed by atoms with Gasteiger partial charge in [0.1, 0.15) is 0 Å². The van der Waals surface area contributed by atoms with Gasteiger partial charge in [-0.1, -0.05) is 107 Å². The molecule has 2 aromatic rings. The molecule has 0 aliphatic heterocycles. The summed E-state index contributed by atoms with van der Waals surface area (Å²) in [6.07, 6.45) is 5.92. The first-order valence-electron chi connectivity index (χ1n) is 11.0. The van der Waals surface area contributed by atoms with Crippen LogP contribution in [0.15, 0.2) is 72.8 Å². The Morgan fingerprint density at radius 2 is 1.36 bits per heavy atom. The summed E-state index contributed by atoms with van der Waals surface area (Å²) in [5.41, 5.74) is 2.71. The minimum absolute atomic E-state index is 0.223. The van der Waals surface area contributed by atoms with Crippen LogP contribution in [-0.4, -0.2) is 14.4 Å². The Hall–Kier alpha value is -1.64. The van der Waals surface area contributed by atoms with Crippen molar-refractivity contribution in [3.63, 3.8) is 0 Å². The molecular weight excluding hydrogens is 356 g/mol. The number of allylic oxidation sites excluding steroid dienone is 1. The van der Waals surface area contributed by atoms with Crippen LogP contribution >= 0.6 is 0 Å². The summed E-state index contributed by atoms with van der Waals surface area (Å²) < 4.78 is 7.05. The van der Waals surface area contributed by atoms with E-state index in [9.17, 15) is 0 Å². The molecule has 2 atom stereocenters. The minimum Gasteiger partial charge on any atom is -0.413 e. The molecule has 0 aliphatic rings. The Kier molecular flexibility index (Phi) is 9.20. The van der Waals surface area contributed by atoms with Gasteiger partial charge in [-0.05, 0) is 41.6 Å². The Morgan fingerprint density at radius 1 is 0.821 bits per heavy atom. The van der Waals surface area contributed by atoms with E-state index in [1.54, 1.807) is 0 Å². The summed E-state index contributed by atoms with van der Waals surface area (Å²) in [4.78, 5) is 0. The lowest BCUT2D eigenvalue weighted by Crippen LogP contribution is -2.43. The molecule has 2 heteroatoms. The van der Waals surface area contributed by atoms with Gasteiger partial charge in [-0.25, -0.2) is 0 Å². The third-order valence-electron chi connectivity index (χ3n) is 6.05. The molecule has 152 valence electrons. The Morgan fingerprint density at radius 3 is 1.86 bits per heavy atom. The van der Waals surface area contributed by atoms with E-state index < -0.39 is 8.32 Å². The quantitative estimate of drug-likeness (QED) is 0.281. The second-order valence-corrected chi connectivity index (χ2v) is 12.8. The van der Waals surface area contributed by atoms with Gasteiger partial charge in [0.05, 0.1) is 6.10 Å². The molecule has 0 aromatic heterocycles. The molecule has 0 saturated carbocycles. The van der Waals surface area contributed by atoms with Crippen molar-refractivity contribution in [3.05, 3.63) is 83.9 Å². The van der Waals surface area contributed by atoms with Gasteiger partial charge >= 0.3 is 0 Å². The highest BCUT2D eigenvalue weighted by atomic mass is 28.4. The van der Waals surface area contributed by atoms with Crippen molar-refractivity contribution in [1.29, 1.82) is 0 Å². The monoisotopic (exact) mass is 394 g/mol. The molecule has 0 N–H and O–H groups in total. The van der Waals surface area contributed by atoms with Gasteiger partial charge in [0, 0.05) is 5.92 Å². The fraction of sp³-hybridized carbons (Fsp3) is 0.462. The molecule has 0 heterocycles. The van der Waals surface area contributed by atoms with E-state index >= 15 is 0 Å². The molecule has 1 nitrogen and oxygen atoms in total. The smallest absolute Gasteiger partial charge is 0.192 e. The summed E-state index contributed by atoms with van der Waals surface area (Å²) in [7, 11) is -1.68. The first-order valence-corrected chi connectivity index (χ1v) is 13.5. The van der Waals surface area contributed by atoms with Crippen molar-refractivity contribution >= 4 is 8.32 Å². The van der Waals surface area contributed by atoms with Crippen molar-refractivity contribution in [2.75, 3.05) is 0 Å². The van der Waals surface area contributed by atoms with Gasteiger partial charge in [-0.3, -0.25) is 0 Å². The van der Waals surface area contributed by atoms with Crippen molar-refractivity contribution < 1.29 is 4.43 Å². The van der Waals surface area contributed by atoms with Crippen molar-refractivity contribution in [2.24, 2.45) is 5.92 Å². The maximum absolute atomic E-state index is 7.05. The van der Waals surface area contributed by atoms with Gasteiger partial charge < -0.3 is 4.43 Å². The predicted octanol–water partition coefficient (Wildman–Crippen LogP) is 7.62. The van der Waals surface area contributed by atoms with E-state index in [1.807, 2.05) is 0 Å². The minimum atomic E-state index is -1.68. The van der Waals surface area contributed by atoms with Crippen molar-refractivity contribution in [3.8, 4) is 0 Å². The zero-order chi connectivity index (χ0) is 20.4. The second-order valence-electron chi connectivity index (χ2n) is 8.12. The van der Waals surface area contributed by atoms with Gasteiger partial charge in [-0.2, -0.15) is 0 Å². The number of hydrogen-bond donors (Lipinski definition) is 0. The fourth-order valence-corrected chi connectivity index (χ4v) is 6.96. The second kappa shape index (κ2) is 11.4. The zero-order valence-electron chi connectivity index (χ0n) is 18.4. The third kappa shape index (κ3) is 6.18. The molecule has 0 bridgehead atoms. The van der Waals surface area contributed by atoms with Crippen molar-refractivity contribution in [1.82, 2.24) is 0 Å². The molecular formula is C26H38OSi. The lowest BCUT2D eigenvalue weighted by atomic mass is 9.86. The molecule has 2 aromatic carbocycles. The van der Waals surface area contributed by atoms with Gasteiger partial charge in [0.2, 0.25) is 0 Å². The molecule has 0 saturated heterocycles. The van der Waals surface area contributed by atoms with E-state index in [1.165, 1.54) is 29.3 Å². The Balaban J connectivity index is 2.32. The van der Waals surface area contributed by atoms with Crippen LogP contribution in [-0.2, 0) is 10.8 Å². The van der Waals surface area contributed by atoms with Gasteiger partial charge in [0.25, 0.3) is 0 Å². The standard InChI is InChI=1S/C26H38OSi/c1-6-28(7-2,8-3)27-26(22(4)5)25(24-19-13-10-14-20-24)21-15-18-23-16-11-9-12-17-23/h9-17,19-22,25-26H,6-8,18H2,1-5H3/b21-15-/t25-,26-/m1/s1. The first kappa shape index (κ1) is 22.6. The van der Waals surface area contributed by atoms with Crippen LogP contribution in [0, 0.1) is 5.92 Å². The van der Waals surface area contributed by atoms with Gasteiger partial charge in [-0.15, -0.1) is 0 Å².